The number of nitrogens with one attached hydrogen (secondary N) is 2. The first kappa shape index (κ1) is 25.3. The zero-order valence-electron chi connectivity index (χ0n) is 19.7. The number of benzene rings is 3. The molecule has 0 saturated carbocycles. The summed E-state index contributed by atoms with van der Waals surface area (Å²) in [4.78, 5) is 37.7. The van der Waals surface area contributed by atoms with Gasteiger partial charge in [-0.2, -0.15) is 0 Å². The van der Waals surface area contributed by atoms with Crippen molar-refractivity contribution in [3.63, 3.8) is 0 Å². The Morgan fingerprint density at radius 1 is 0.771 bits per heavy atom. The maximum atomic E-state index is 13.1. The van der Waals surface area contributed by atoms with Crippen LogP contribution in [0.2, 0.25) is 0 Å². The first-order valence-corrected chi connectivity index (χ1v) is 11.2. The lowest BCUT2D eigenvalue weighted by Crippen LogP contribution is -2.55. The van der Waals surface area contributed by atoms with E-state index in [4.69, 9.17) is 9.47 Å². The molecule has 0 saturated heterocycles. The van der Waals surface area contributed by atoms with E-state index in [0.29, 0.717) is 0 Å². The van der Waals surface area contributed by atoms with Gasteiger partial charge in [0.15, 0.2) is 0 Å². The molecule has 0 heterocycles. The van der Waals surface area contributed by atoms with Gasteiger partial charge in [-0.05, 0) is 23.6 Å². The first-order chi connectivity index (χ1) is 16.9. The smallest absolute Gasteiger partial charge is 0.429 e. The SMILES string of the molecule is CC(=O)N[C@@H](c1ccccc1)[C@H](C)N(NC(=O)OCc1ccccc1)C(=O)OCc1ccccc1. The Morgan fingerprint density at radius 2 is 1.26 bits per heavy atom. The van der Waals surface area contributed by atoms with E-state index < -0.39 is 24.3 Å². The zero-order chi connectivity index (χ0) is 25.0. The van der Waals surface area contributed by atoms with Gasteiger partial charge in [-0.25, -0.2) is 20.0 Å². The summed E-state index contributed by atoms with van der Waals surface area (Å²) in [7, 11) is 0. The summed E-state index contributed by atoms with van der Waals surface area (Å²) >= 11 is 0. The zero-order valence-corrected chi connectivity index (χ0v) is 19.7. The van der Waals surface area contributed by atoms with Crippen molar-refractivity contribution in [1.82, 2.24) is 15.8 Å². The van der Waals surface area contributed by atoms with Crippen molar-refractivity contribution in [2.24, 2.45) is 0 Å². The van der Waals surface area contributed by atoms with E-state index in [0.717, 1.165) is 21.7 Å². The Bertz CT molecular complexity index is 1090. The molecule has 2 N–H and O–H groups in total. The fourth-order valence-corrected chi connectivity index (χ4v) is 3.47. The Hall–Kier alpha value is -4.33. The van der Waals surface area contributed by atoms with Crippen molar-refractivity contribution in [2.75, 3.05) is 0 Å². The van der Waals surface area contributed by atoms with Crippen LogP contribution in [0.25, 0.3) is 0 Å². The molecule has 2 atom stereocenters. The Morgan fingerprint density at radius 3 is 1.77 bits per heavy atom. The van der Waals surface area contributed by atoms with Gasteiger partial charge in [-0.15, -0.1) is 0 Å². The van der Waals surface area contributed by atoms with Gasteiger partial charge in [-0.1, -0.05) is 91.0 Å². The lowest BCUT2D eigenvalue weighted by molar-refractivity contribution is -0.120. The van der Waals surface area contributed by atoms with Crippen LogP contribution in [0.1, 0.15) is 36.6 Å². The summed E-state index contributed by atoms with van der Waals surface area (Å²) in [6.45, 7) is 3.14. The van der Waals surface area contributed by atoms with Crippen molar-refractivity contribution < 1.29 is 23.9 Å². The molecule has 3 aromatic carbocycles. The number of nitrogens with zero attached hydrogens (tertiary/aromatic N) is 1. The summed E-state index contributed by atoms with van der Waals surface area (Å²) in [5.41, 5.74) is 4.85. The molecule has 0 aromatic heterocycles. The molecule has 8 heteroatoms. The average molecular weight is 476 g/mol. The van der Waals surface area contributed by atoms with E-state index in [1.165, 1.54) is 6.92 Å². The van der Waals surface area contributed by atoms with Crippen LogP contribution in [0.15, 0.2) is 91.0 Å². The molecule has 3 aromatic rings. The summed E-state index contributed by atoms with van der Waals surface area (Å²) in [6.07, 6.45) is -1.61. The molecule has 0 aliphatic carbocycles. The first-order valence-electron chi connectivity index (χ1n) is 11.2. The molecule has 3 amide bonds. The van der Waals surface area contributed by atoms with Crippen LogP contribution < -0.4 is 10.7 Å². The second-order valence-electron chi connectivity index (χ2n) is 7.91. The minimum absolute atomic E-state index is 0.0137. The molecule has 0 aliphatic rings. The highest BCUT2D eigenvalue weighted by atomic mass is 16.6. The van der Waals surface area contributed by atoms with E-state index in [2.05, 4.69) is 10.7 Å². The van der Waals surface area contributed by atoms with Gasteiger partial charge in [0, 0.05) is 6.92 Å². The molecule has 0 bridgehead atoms. The van der Waals surface area contributed by atoms with Gasteiger partial charge in [-0.3, -0.25) is 4.79 Å². The maximum absolute atomic E-state index is 13.1. The molecule has 0 aliphatic heterocycles. The highest BCUT2D eigenvalue weighted by molar-refractivity contribution is 5.75. The second kappa shape index (κ2) is 12.8. The topological polar surface area (TPSA) is 97.0 Å². The van der Waals surface area contributed by atoms with Crippen molar-refractivity contribution in [3.05, 3.63) is 108 Å². The molecular formula is C27H29N3O5. The van der Waals surface area contributed by atoms with Crippen LogP contribution in [-0.2, 0) is 27.5 Å². The minimum Gasteiger partial charge on any atom is -0.443 e. The molecule has 0 fully saturated rings. The molecule has 0 spiro atoms. The second-order valence-corrected chi connectivity index (χ2v) is 7.91. The van der Waals surface area contributed by atoms with Crippen molar-refractivity contribution in [3.8, 4) is 0 Å². The third-order valence-electron chi connectivity index (χ3n) is 5.23. The summed E-state index contributed by atoms with van der Waals surface area (Å²) < 4.78 is 10.8. The normalized spacial score (nSPS) is 12.1. The van der Waals surface area contributed by atoms with E-state index in [1.54, 1.807) is 6.92 Å². The van der Waals surface area contributed by atoms with Crippen LogP contribution in [0.5, 0.6) is 0 Å². The van der Waals surface area contributed by atoms with Crippen molar-refractivity contribution >= 4 is 18.1 Å². The predicted molar refractivity (Wildman–Crippen MR) is 131 cm³/mol. The number of hydrogen-bond acceptors (Lipinski definition) is 5. The number of hydrazine groups is 1. The van der Waals surface area contributed by atoms with Gasteiger partial charge in [0.25, 0.3) is 0 Å². The summed E-state index contributed by atoms with van der Waals surface area (Å²) in [5, 5.41) is 3.90. The number of amides is 3. The summed E-state index contributed by atoms with van der Waals surface area (Å²) in [6, 6.07) is 26.2. The van der Waals surface area contributed by atoms with E-state index >= 15 is 0 Å². The average Bonchev–Trinajstić information content (AvgIpc) is 2.89. The van der Waals surface area contributed by atoms with E-state index in [-0.39, 0.29) is 19.1 Å². The largest absolute Gasteiger partial charge is 0.443 e. The molecule has 0 radical (unpaired) electrons. The summed E-state index contributed by atoms with van der Waals surface area (Å²) in [5.74, 6) is -0.282. The number of ether oxygens (including phenoxy) is 2. The van der Waals surface area contributed by atoms with Crippen LogP contribution in [-0.4, -0.2) is 29.1 Å². The highest BCUT2D eigenvalue weighted by Gasteiger charge is 2.32. The van der Waals surface area contributed by atoms with E-state index in [1.807, 2.05) is 91.0 Å². The van der Waals surface area contributed by atoms with Crippen LogP contribution in [0, 0.1) is 0 Å². The fraction of sp³-hybridized carbons (Fsp3) is 0.222. The van der Waals surface area contributed by atoms with Gasteiger partial charge < -0.3 is 14.8 Å². The number of rotatable bonds is 8. The predicted octanol–water partition coefficient (Wildman–Crippen LogP) is 4.73. The van der Waals surface area contributed by atoms with Crippen LogP contribution in [0.3, 0.4) is 0 Å². The molecule has 182 valence electrons. The molecule has 0 unspecified atom stereocenters. The van der Waals surface area contributed by atoms with Gasteiger partial charge in [0.1, 0.15) is 13.2 Å². The molecule has 3 rings (SSSR count). The Labute approximate surface area is 204 Å². The number of hydrogen-bond donors (Lipinski definition) is 2. The Kier molecular flexibility index (Phi) is 9.24. The number of carbonyl (C=O) groups is 3. The molecule has 35 heavy (non-hydrogen) atoms. The standard InChI is InChI=1S/C27H29N3O5/c1-20(25(28-21(2)31)24-16-10-5-11-17-24)30(27(33)35-19-23-14-8-4-9-15-23)29-26(32)34-18-22-12-6-3-7-13-22/h3-17,20,25H,18-19H2,1-2H3,(H,28,31)(H,29,32)/t20-,25+/m0/s1. The minimum atomic E-state index is -0.827. The van der Waals surface area contributed by atoms with Crippen molar-refractivity contribution in [2.45, 2.75) is 39.1 Å². The van der Waals surface area contributed by atoms with E-state index in [9.17, 15) is 14.4 Å². The third kappa shape index (κ3) is 7.89. The lowest BCUT2D eigenvalue weighted by atomic mass is 10.00. The third-order valence-corrected chi connectivity index (χ3v) is 5.23. The van der Waals surface area contributed by atoms with Crippen LogP contribution in [0.4, 0.5) is 9.59 Å². The van der Waals surface area contributed by atoms with Gasteiger partial charge >= 0.3 is 12.2 Å². The lowest BCUT2D eigenvalue weighted by Gasteiger charge is -2.34. The van der Waals surface area contributed by atoms with Gasteiger partial charge in [0.05, 0.1) is 12.1 Å². The fourth-order valence-electron chi connectivity index (χ4n) is 3.47. The molecular weight excluding hydrogens is 446 g/mol. The Balaban J connectivity index is 1.78. The van der Waals surface area contributed by atoms with Crippen LogP contribution >= 0.6 is 0 Å². The maximum Gasteiger partial charge on any atom is 0.429 e. The monoisotopic (exact) mass is 475 g/mol. The number of carbonyl (C=O) groups excluding carboxylic acids is 3. The van der Waals surface area contributed by atoms with Gasteiger partial charge in [0.2, 0.25) is 5.91 Å². The van der Waals surface area contributed by atoms with Crippen molar-refractivity contribution in [1.29, 1.82) is 0 Å². The molecule has 8 nitrogen and oxygen atoms in total. The quantitative estimate of drug-likeness (QED) is 0.459. The highest BCUT2D eigenvalue weighted by Crippen LogP contribution is 2.21.